The molecule has 1 aromatic carbocycles. The number of ether oxygens (including phenoxy) is 2. The molecular formula is C19H21NO4. The van der Waals surface area contributed by atoms with Gasteiger partial charge < -0.3 is 19.5 Å². The number of nitrogens with zero attached hydrogens (tertiary/aromatic N) is 1. The molecular weight excluding hydrogens is 306 g/mol. The van der Waals surface area contributed by atoms with E-state index in [2.05, 4.69) is 0 Å². The van der Waals surface area contributed by atoms with Gasteiger partial charge in [0.2, 0.25) is 5.91 Å². The van der Waals surface area contributed by atoms with Gasteiger partial charge in [-0.25, -0.2) is 0 Å². The summed E-state index contributed by atoms with van der Waals surface area (Å²) in [5.41, 5.74) is 1.72. The average molecular weight is 327 g/mol. The van der Waals surface area contributed by atoms with E-state index < -0.39 is 11.5 Å². The Morgan fingerprint density at radius 3 is 2.50 bits per heavy atom. The van der Waals surface area contributed by atoms with Crippen molar-refractivity contribution in [3.05, 3.63) is 47.6 Å². The summed E-state index contributed by atoms with van der Waals surface area (Å²) >= 11 is 0. The van der Waals surface area contributed by atoms with Crippen LogP contribution in [0.3, 0.4) is 0 Å². The quantitative estimate of drug-likeness (QED) is 0.844. The zero-order chi connectivity index (χ0) is 16.9. The van der Waals surface area contributed by atoms with Crippen molar-refractivity contribution in [2.75, 3.05) is 20.8 Å². The van der Waals surface area contributed by atoms with Crippen LogP contribution in [0.25, 0.3) is 0 Å². The highest BCUT2D eigenvalue weighted by atomic mass is 16.5. The maximum absolute atomic E-state index is 13.0. The van der Waals surface area contributed by atoms with Crippen molar-refractivity contribution in [2.45, 2.75) is 25.0 Å². The normalized spacial score (nSPS) is 30.5. The van der Waals surface area contributed by atoms with Gasteiger partial charge in [0, 0.05) is 6.54 Å². The Kier molecular flexibility index (Phi) is 3.42. The number of hydrogen-bond acceptors (Lipinski definition) is 4. The molecule has 1 N–H and O–H groups in total. The van der Waals surface area contributed by atoms with Crippen LogP contribution in [-0.2, 0) is 11.2 Å². The molecule has 126 valence electrons. The Morgan fingerprint density at radius 2 is 1.83 bits per heavy atom. The van der Waals surface area contributed by atoms with Crippen LogP contribution in [0.1, 0.15) is 23.6 Å². The van der Waals surface area contributed by atoms with Crippen molar-refractivity contribution in [1.29, 1.82) is 0 Å². The third-order valence-corrected chi connectivity index (χ3v) is 5.37. The standard InChI is InChI=1S/C19H21NO4/c1-23-16-9-12-5-8-20-15(14(12)10-17(16)24-2)11-19(18(20)22)6-3-13(21)4-7-19/h3-4,6-7,9-10,13,15,21H,5,8,11H2,1-2H3. The summed E-state index contributed by atoms with van der Waals surface area (Å²) in [5, 5.41) is 9.65. The molecule has 0 saturated carbocycles. The molecule has 1 atom stereocenters. The monoisotopic (exact) mass is 327 g/mol. The molecule has 5 heteroatoms. The van der Waals surface area contributed by atoms with Crippen LogP contribution in [0.2, 0.25) is 0 Å². The molecule has 24 heavy (non-hydrogen) atoms. The molecule has 1 fully saturated rings. The lowest BCUT2D eigenvalue weighted by molar-refractivity contribution is -0.133. The van der Waals surface area contributed by atoms with Crippen LogP contribution in [0.5, 0.6) is 11.5 Å². The van der Waals surface area contributed by atoms with Gasteiger partial charge in [-0.05, 0) is 36.1 Å². The van der Waals surface area contributed by atoms with E-state index >= 15 is 0 Å². The Labute approximate surface area is 141 Å². The molecule has 5 nitrogen and oxygen atoms in total. The molecule has 1 spiro atoms. The smallest absolute Gasteiger partial charge is 0.237 e. The van der Waals surface area contributed by atoms with Crippen molar-refractivity contribution in [3.63, 3.8) is 0 Å². The predicted molar refractivity (Wildman–Crippen MR) is 89.0 cm³/mol. The molecule has 4 rings (SSSR count). The van der Waals surface area contributed by atoms with Crippen LogP contribution >= 0.6 is 0 Å². The van der Waals surface area contributed by atoms with E-state index in [1.165, 1.54) is 5.56 Å². The van der Waals surface area contributed by atoms with Crippen LogP contribution in [0, 0.1) is 5.41 Å². The van der Waals surface area contributed by atoms with Crippen LogP contribution in [0.15, 0.2) is 36.4 Å². The Hall–Kier alpha value is -2.27. The second-order valence-electron chi connectivity index (χ2n) is 6.62. The number of rotatable bonds is 2. The molecule has 1 amide bonds. The summed E-state index contributed by atoms with van der Waals surface area (Å²) in [7, 11) is 3.26. The molecule has 2 aliphatic heterocycles. The van der Waals surface area contributed by atoms with Gasteiger partial charge in [-0.2, -0.15) is 0 Å². The van der Waals surface area contributed by atoms with Crippen molar-refractivity contribution in [3.8, 4) is 11.5 Å². The summed E-state index contributed by atoms with van der Waals surface area (Å²) in [4.78, 5) is 15.0. The number of amides is 1. The van der Waals surface area contributed by atoms with Crippen molar-refractivity contribution < 1.29 is 19.4 Å². The zero-order valence-electron chi connectivity index (χ0n) is 13.9. The van der Waals surface area contributed by atoms with Crippen LogP contribution in [0.4, 0.5) is 0 Å². The summed E-state index contributed by atoms with van der Waals surface area (Å²) in [5.74, 6) is 1.54. The fourth-order valence-corrected chi connectivity index (χ4v) is 4.10. The first kappa shape index (κ1) is 15.3. The molecule has 3 aliphatic rings. The van der Waals surface area contributed by atoms with Crippen molar-refractivity contribution >= 4 is 5.91 Å². The van der Waals surface area contributed by atoms with Crippen LogP contribution in [-0.4, -0.2) is 42.8 Å². The number of benzene rings is 1. The third kappa shape index (κ3) is 2.08. The Bertz CT molecular complexity index is 738. The van der Waals surface area contributed by atoms with Gasteiger partial charge in [0.25, 0.3) is 0 Å². The lowest BCUT2D eigenvalue weighted by atomic mass is 9.79. The SMILES string of the molecule is COc1cc2c(cc1OC)C1CC3(C=CC(O)C=C3)C(=O)N1CC2. The van der Waals surface area contributed by atoms with Crippen LogP contribution < -0.4 is 9.47 Å². The lowest BCUT2D eigenvalue weighted by Crippen LogP contribution is -2.37. The molecule has 0 aromatic heterocycles. The Morgan fingerprint density at radius 1 is 1.17 bits per heavy atom. The minimum Gasteiger partial charge on any atom is -0.493 e. The maximum Gasteiger partial charge on any atom is 0.237 e. The first-order valence-electron chi connectivity index (χ1n) is 8.20. The predicted octanol–water partition coefficient (Wildman–Crippen LogP) is 2.01. The van der Waals surface area contributed by atoms with E-state index in [-0.39, 0.29) is 11.9 Å². The fraction of sp³-hybridized carbons (Fsp3) is 0.421. The summed E-state index contributed by atoms with van der Waals surface area (Å²) in [6.45, 7) is 0.706. The fourth-order valence-electron chi connectivity index (χ4n) is 4.10. The molecule has 1 aromatic rings. The molecule has 1 aliphatic carbocycles. The number of aliphatic hydroxyl groups excluding tert-OH is 1. The number of aliphatic hydroxyl groups is 1. The number of carbonyl (C=O) groups is 1. The molecule has 2 heterocycles. The van der Waals surface area contributed by atoms with E-state index in [9.17, 15) is 9.90 Å². The summed E-state index contributed by atoms with van der Waals surface area (Å²) in [6, 6.07) is 4.06. The first-order chi connectivity index (χ1) is 11.6. The summed E-state index contributed by atoms with van der Waals surface area (Å²) < 4.78 is 10.8. The van der Waals surface area contributed by atoms with Gasteiger partial charge >= 0.3 is 0 Å². The minimum atomic E-state index is -0.626. The molecule has 0 radical (unpaired) electrons. The van der Waals surface area contributed by atoms with E-state index in [1.807, 2.05) is 29.2 Å². The number of carbonyl (C=O) groups excluding carboxylic acids is 1. The highest BCUT2D eigenvalue weighted by Crippen LogP contribution is 2.51. The van der Waals surface area contributed by atoms with E-state index in [1.54, 1.807) is 26.4 Å². The maximum atomic E-state index is 13.0. The van der Waals surface area contributed by atoms with Crippen molar-refractivity contribution in [2.24, 2.45) is 5.41 Å². The lowest BCUT2D eigenvalue weighted by Gasteiger charge is -2.32. The largest absolute Gasteiger partial charge is 0.493 e. The van der Waals surface area contributed by atoms with Gasteiger partial charge in [-0.3, -0.25) is 4.79 Å². The average Bonchev–Trinajstić information content (AvgIpc) is 2.89. The minimum absolute atomic E-state index is 0.0330. The highest BCUT2D eigenvalue weighted by molar-refractivity contribution is 5.90. The van der Waals surface area contributed by atoms with E-state index in [0.29, 0.717) is 18.7 Å². The zero-order valence-corrected chi connectivity index (χ0v) is 13.9. The van der Waals surface area contributed by atoms with Gasteiger partial charge in [-0.1, -0.05) is 24.3 Å². The molecule has 0 bridgehead atoms. The summed E-state index contributed by atoms with van der Waals surface area (Å²) in [6.07, 6.45) is 8.02. The number of hydrogen-bond donors (Lipinski definition) is 1. The van der Waals surface area contributed by atoms with Crippen molar-refractivity contribution in [1.82, 2.24) is 4.90 Å². The topological polar surface area (TPSA) is 59.0 Å². The Balaban J connectivity index is 1.76. The molecule has 1 unspecified atom stereocenters. The van der Waals surface area contributed by atoms with Gasteiger partial charge in [0.15, 0.2) is 11.5 Å². The molecule has 1 saturated heterocycles. The number of fused-ring (bicyclic) bond motifs is 3. The third-order valence-electron chi connectivity index (χ3n) is 5.37. The highest BCUT2D eigenvalue weighted by Gasteiger charge is 2.51. The number of methoxy groups -OCH3 is 2. The van der Waals surface area contributed by atoms with Gasteiger partial charge in [-0.15, -0.1) is 0 Å². The van der Waals surface area contributed by atoms with Gasteiger partial charge in [0.05, 0.1) is 31.8 Å². The second kappa shape index (κ2) is 5.38. The van der Waals surface area contributed by atoms with Gasteiger partial charge in [0.1, 0.15) is 0 Å². The first-order valence-corrected chi connectivity index (χ1v) is 8.20. The van der Waals surface area contributed by atoms with E-state index in [4.69, 9.17) is 9.47 Å². The van der Waals surface area contributed by atoms with E-state index in [0.717, 1.165) is 17.7 Å². The second-order valence-corrected chi connectivity index (χ2v) is 6.62.